The van der Waals surface area contributed by atoms with Crippen LogP contribution in [0, 0.1) is 0 Å². The Morgan fingerprint density at radius 2 is 2.00 bits per heavy atom. The molecule has 2 rings (SSSR count). The zero-order chi connectivity index (χ0) is 11.8. The van der Waals surface area contributed by atoms with Gasteiger partial charge in [0.15, 0.2) is 0 Å². The van der Waals surface area contributed by atoms with E-state index in [-0.39, 0.29) is 5.54 Å². The van der Waals surface area contributed by atoms with Crippen molar-refractivity contribution in [1.82, 2.24) is 4.90 Å². The highest BCUT2D eigenvalue weighted by atomic mass is 35.5. The quantitative estimate of drug-likeness (QED) is 0.859. The lowest BCUT2D eigenvalue weighted by molar-refractivity contribution is 0.166. The summed E-state index contributed by atoms with van der Waals surface area (Å²) in [6.07, 6.45) is 1.07. The summed E-state index contributed by atoms with van der Waals surface area (Å²) in [5.74, 6) is 0. The van der Waals surface area contributed by atoms with Gasteiger partial charge in [0, 0.05) is 29.7 Å². The Hall–Kier alpha value is -0.570. The normalized spacial score (nSPS) is 24.9. The van der Waals surface area contributed by atoms with Gasteiger partial charge in [-0.2, -0.15) is 0 Å². The van der Waals surface area contributed by atoms with Crippen LogP contribution in [0.1, 0.15) is 25.8 Å². The molecule has 1 aliphatic rings. The van der Waals surface area contributed by atoms with E-state index in [1.165, 1.54) is 5.56 Å². The van der Waals surface area contributed by atoms with Crippen LogP contribution in [0.4, 0.5) is 0 Å². The minimum Gasteiger partial charge on any atom is -0.326 e. The lowest BCUT2D eigenvalue weighted by Crippen LogP contribution is -2.37. The molecule has 2 nitrogen and oxygen atoms in total. The van der Waals surface area contributed by atoms with Crippen molar-refractivity contribution in [3.63, 3.8) is 0 Å². The van der Waals surface area contributed by atoms with Crippen molar-refractivity contribution >= 4 is 11.6 Å². The molecule has 2 N–H and O–H groups in total. The Balaban J connectivity index is 2.07. The molecule has 1 heterocycles. The van der Waals surface area contributed by atoms with Gasteiger partial charge in [0.05, 0.1) is 0 Å². The fraction of sp³-hybridized carbons (Fsp3) is 0.538. The average Bonchev–Trinajstić information content (AvgIpc) is 2.43. The number of likely N-dealkylation sites (tertiary alicyclic amines) is 1. The highest BCUT2D eigenvalue weighted by Crippen LogP contribution is 2.29. The van der Waals surface area contributed by atoms with Gasteiger partial charge in [0.1, 0.15) is 0 Å². The largest absolute Gasteiger partial charge is 0.326 e. The Morgan fingerprint density at radius 3 is 2.50 bits per heavy atom. The zero-order valence-corrected chi connectivity index (χ0v) is 10.7. The fourth-order valence-corrected chi connectivity index (χ4v) is 2.58. The lowest BCUT2D eigenvalue weighted by Gasteiger charge is -2.31. The predicted octanol–water partition coefficient (Wildman–Crippen LogP) is 2.65. The van der Waals surface area contributed by atoms with Crippen LogP contribution >= 0.6 is 11.6 Å². The molecular weight excluding hydrogens is 220 g/mol. The van der Waals surface area contributed by atoms with Gasteiger partial charge in [-0.25, -0.2) is 0 Å². The molecule has 1 aliphatic heterocycles. The first-order valence-corrected chi connectivity index (χ1v) is 6.10. The SMILES string of the molecule is CC1(C)CC(N)CN1Cc1ccc(Cl)cc1. The monoisotopic (exact) mass is 238 g/mol. The van der Waals surface area contributed by atoms with E-state index in [1.54, 1.807) is 0 Å². The third kappa shape index (κ3) is 2.57. The molecule has 0 aromatic heterocycles. The van der Waals surface area contributed by atoms with E-state index < -0.39 is 0 Å². The van der Waals surface area contributed by atoms with E-state index in [4.69, 9.17) is 17.3 Å². The van der Waals surface area contributed by atoms with Gasteiger partial charge in [-0.3, -0.25) is 4.90 Å². The van der Waals surface area contributed by atoms with Crippen molar-refractivity contribution in [2.75, 3.05) is 6.54 Å². The maximum Gasteiger partial charge on any atom is 0.0406 e. The lowest BCUT2D eigenvalue weighted by atomic mass is 10.0. The highest BCUT2D eigenvalue weighted by Gasteiger charge is 2.36. The Labute approximate surface area is 102 Å². The summed E-state index contributed by atoms with van der Waals surface area (Å²) in [5, 5.41) is 0.793. The Kier molecular flexibility index (Phi) is 3.24. The van der Waals surface area contributed by atoms with E-state index in [0.29, 0.717) is 6.04 Å². The van der Waals surface area contributed by atoms with Crippen molar-refractivity contribution in [3.05, 3.63) is 34.9 Å². The van der Waals surface area contributed by atoms with E-state index in [1.807, 2.05) is 12.1 Å². The minimum absolute atomic E-state index is 0.207. The first-order valence-electron chi connectivity index (χ1n) is 5.72. The molecule has 1 aromatic carbocycles. The number of rotatable bonds is 2. The maximum absolute atomic E-state index is 6.02. The van der Waals surface area contributed by atoms with E-state index in [9.17, 15) is 0 Å². The third-order valence-corrected chi connectivity index (χ3v) is 3.61. The molecule has 1 atom stereocenters. The second kappa shape index (κ2) is 4.36. The van der Waals surface area contributed by atoms with Crippen molar-refractivity contribution in [2.45, 2.75) is 38.4 Å². The molecule has 1 fully saturated rings. The predicted molar refractivity (Wildman–Crippen MR) is 68.5 cm³/mol. The summed E-state index contributed by atoms with van der Waals surface area (Å²) < 4.78 is 0. The average molecular weight is 239 g/mol. The van der Waals surface area contributed by atoms with Gasteiger partial charge in [-0.1, -0.05) is 23.7 Å². The Morgan fingerprint density at radius 1 is 1.38 bits per heavy atom. The molecule has 0 saturated carbocycles. The van der Waals surface area contributed by atoms with Gasteiger partial charge < -0.3 is 5.73 Å². The van der Waals surface area contributed by atoms with Crippen LogP contribution in [-0.2, 0) is 6.54 Å². The zero-order valence-electron chi connectivity index (χ0n) is 9.91. The number of hydrogen-bond donors (Lipinski definition) is 1. The Bertz CT molecular complexity index is 359. The molecule has 0 amide bonds. The minimum atomic E-state index is 0.207. The molecule has 1 unspecified atom stereocenters. The number of benzene rings is 1. The van der Waals surface area contributed by atoms with Crippen LogP contribution in [0.2, 0.25) is 5.02 Å². The van der Waals surface area contributed by atoms with Crippen LogP contribution in [0.3, 0.4) is 0 Å². The molecule has 1 saturated heterocycles. The molecule has 88 valence electrons. The standard InChI is InChI=1S/C13H19ClN2/c1-13(2)7-12(15)9-16(13)8-10-3-5-11(14)6-4-10/h3-6,12H,7-9,15H2,1-2H3. The van der Waals surface area contributed by atoms with Crippen molar-refractivity contribution in [2.24, 2.45) is 5.73 Å². The summed E-state index contributed by atoms with van der Waals surface area (Å²) in [4.78, 5) is 2.45. The highest BCUT2D eigenvalue weighted by molar-refractivity contribution is 6.30. The number of nitrogens with zero attached hydrogens (tertiary/aromatic N) is 1. The number of nitrogens with two attached hydrogens (primary N) is 1. The molecule has 0 aliphatic carbocycles. The van der Waals surface area contributed by atoms with Gasteiger partial charge in [-0.05, 0) is 38.0 Å². The topological polar surface area (TPSA) is 29.3 Å². The smallest absolute Gasteiger partial charge is 0.0406 e. The number of hydrogen-bond acceptors (Lipinski definition) is 2. The summed E-state index contributed by atoms with van der Waals surface area (Å²) in [6, 6.07) is 8.37. The number of halogens is 1. The van der Waals surface area contributed by atoms with Gasteiger partial charge in [0.2, 0.25) is 0 Å². The van der Waals surface area contributed by atoms with Gasteiger partial charge in [0.25, 0.3) is 0 Å². The first-order chi connectivity index (χ1) is 7.47. The van der Waals surface area contributed by atoms with Crippen LogP contribution in [-0.4, -0.2) is 23.0 Å². The molecule has 0 radical (unpaired) electrons. The molecular formula is C13H19ClN2. The first kappa shape index (κ1) is 11.9. The third-order valence-electron chi connectivity index (χ3n) is 3.36. The second-order valence-corrected chi connectivity index (χ2v) is 5.72. The van der Waals surface area contributed by atoms with Gasteiger partial charge >= 0.3 is 0 Å². The van der Waals surface area contributed by atoms with Crippen LogP contribution in [0.25, 0.3) is 0 Å². The van der Waals surface area contributed by atoms with Crippen molar-refractivity contribution in [3.8, 4) is 0 Å². The maximum atomic E-state index is 6.02. The summed E-state index contributed by atoms with van der Waals surface area (Å²) in [5.41, 5.74) is 7.52. The molecule has 1 aromatic rings. The summed E-state index contributed by atoms with van der Waals surface area (Å²) in [7, 11) is 0. The molecule has 16 heavy (non-hydrogen) atoms. The second-order valence-electron chi connectivity index (χ2n) is 5.28. The van der Waals surface area contributed by atoms with Crippen LogP contribution < -0.4 is 5.73 Å². The van der Waals surface area contributed by atoms with Crippen LogP contribution in [0.15, 0.2) is 24.3 Å². The fourth-order valence-electron chi connectivity index (χ4n) is 2.45. The van der Waals surface area contributed by atoms with E-state index >= 15 is 0 Å². The van der Waals surface area contributed by atoms with E-state index in [2.05, 4.69) is 30.9 Å². The van der Waals surface area contributed by atoms with Gasteiger partial charge in [-0.15, -0.1) is 0 Å². The molecule has 0 bridgehead atoms. The summed E-state index contributed by atoms with van der Waals surface area (Å²) in [6.45, 7) is 6.46. The molecule has 0 spiro atoms. The van der Waals surface area contributed by atoms with Crippen molar-refractivity contribution < 1.29 is 0 Å². The summed E-state index contributed by atoms with van der Waals surface area (Å²) >= 11 is 5.87. The van der Waals surface area contributed by atoms with E-state index in [0.717, 1.165) is 24.5 Å². The van der Waals surface area contributed by atoms with Crippen LogP contribution in [0.5, 0.6) is 0 Å². The molecule has 3 heteroatoms. The van der Waals surface area contributed by atoms with Crippen molar-refractivity contribution in [1.29, 1.82) is 0 Å².